The number of carboxylic acids is 1. The molecular formula is C89H110N12O17S. The maximum absolute atomic E-state index is 15.5. The SMILES string of the molecule is CN[C@@H](C)C(=O)C[C@H](C(=O)N1C[C@@H]2C[C@H]1C(=O)N[C@@H](Cc1ccc(-c3cccc(OC)c3)cc1)C(=O)C[C@H](C(=O)NS(=O)(=O)C1CC1)Cc1ccc(cc1)OCc1cn(nn1)[C@H]1C[C@@H](C(=O)N[C@@H](Cc3ccc4ccccc4c3)C(=O)N[C@H](C(=O)O)Cc3ccc(cc3)OC/C=C/CO2)N(C(=O)[C@@H](NC(=O)[C@H](C)NC)C(C)(C)C)C1)C(C)(C)C. The molecule has 1 aromatic heterocycles. The van der Waals surface area contributed by atoms with Crippen molar-refractivity contribution >= 4 is 79.7 Å². The lowest BCUT2D eigenvalue weighted by Crippen LogP contribution is -2.60. The van der Waals surface area contributed by atoms with Gasteiger partial charge in [-0.15, -0.1) is 5.10 Å². The van der Waals surface area contributed by atoms with Gasteiger partial charge in [-0.05, 0) is 151 Å². The number of likely N-dealkylation sites (tertiary alicyclic amines) is 2. The van der Waals surface area contributed by atoms with Crippen molar-refractivity contribution in [2.24, 2.45) is 22.7 Å². The summed E-state index contributed by atoms with van der Waals surface area (Å²) in [5, 5.41) is 38.0. The number of aromatic nitrogens is 3. The second-order valence-electron chi connectivity index (χ2n) is 33.6. The molecule has 29 nitrogen and oxygen atoms in total. The summed E-state index contributed by atoms with van der Waals surface area (Å²) >= 11 is 0. The minimum absolute atomic E-state index is 0.000443. The highest BCUT2D eigenvalue weighted by atomic mass is 32.2. The number of sulfonamides is 1. The number of ketones is 2. The molecule has 8 N–H and O–H groups in total. The average Bonchev–Trinajstić information content (AvgIpc) is 1.66. The molecule has 7 aliphatic rings. The Morgan fingerprint density at radius 3 is 1.91 bits per heavy atom. The Kier molecular flexibility index (Phi) is 29.1. The Balaban J connectivity index is 0.926. The minimum atomic E-state index is -4.15. The molecule has 0 radical (unpaired) electrons. The van der Waals surface area contributed by atoms with Crippen molar-refractivity contribution in [3.8, 4) is 28.4 Å². The van der Waals surface area contributed by atoms with Crippen LogP contribution in [0.25, 0.3) is 21.9 Å². The maximum atomic E-state index is 15.5. The molecule has 119 heavy (non-hydrogen) atoms. The third kappa shape index (κ3) is 23.4. The number of ether oxygens (including phenoxy) is 4. The van der Waals surface area contributed by atoms with Gasteiger partial charge in [0.05, 0.1) is 55.4 Å². The first-order chi connectivity index (χ1) is 56.6. The van der Waals surface area contributed by atoms with E-state index in [0.29, 0.717) is 58.0 Å². The zero-order chi connectivity index (χ0) is 85.6. The van der Waals surface area contributed by atoms with Gasteiger partial charge in [-0.3, -0.25) is 47.9 Å². The highest BCUT2D eigenvalue weighted by Crippen LogP contribution is 2.37. The highest BCUT2D eigenvalue weighted by Gasteiger charge is 2.49. The lowest BCUT2D eigenvalue weighted by Gasteiger charge is -2.36. The van der Waals surface area contributed by atoms with E-state index in [2.05, 4.69) is 46.9 Å². The van der Waals surface area contributed by atoms with E-state index in [-0.39, 0.29) is 83.6 Å². The Bertz CT molecular complexity index is 4960. The summed E-state index contributed by atoms with van der Waals surface area (Å²) in [4.78, 5) is 150. The summed E-state index contributed by atoms with van der Waals surface area (Å²) in [5.74, 6) is -7.73. The minimum Gasteiger partial charge on any atom is -0.497 e. The molecule has 12 atom stereocenters. The van der Waals surface area contributed by atoms with Crippen LogP contribution in [0.1, 0.15) is 128 Å². The summed E-state index contributed by atoms with van der Waals surface area (Å²) in [5.41, 5.74) is 2.60. The fourth-order valence-electron chi connectivity index (χ4n) is 15.0. The van der Waals surface area contributed by atoms with Crippen LogP contribution in [0.15, 0.2) is 158 Å². The molecule has 1 saturated carbocycles. The summed E-state index contributed by atoms with van der Waals surface area (Å²) in [6.07, 6.45) is 3.67. The predicted molar refractivity (Wildman–Crippen MR) is 446 cm³/mol. The topological polar surface area (TPSA) is 383 Å². The third-order valence-electron chi connectivity index (χ3n) is 22.7. The van der Waals surface area contributed by atoms with Crippen molar-refractivity contribution in [2.45, 2.75) is 192 Å². The fourth-order valence-corrected chi connectivity index (χ4v) is 16.4. The number of carbonyl (C=O) groups excluding carboxylic acids is 9. The molecule has 6 aliphatic heterocycles. The van der Waals surface area contributed by atoms with Crippen LogP contribution < -0.4 is 50.8 Å². The number of nitrogens with zero attached hydrogens (tertiary/aromatic N) is 5. The van der Waals surface area contributed by atoms with E-state index < -0.39 is 158 Å². The van der Waals surface area contributed by atoms with Gasteiger partial charge in [0.15, 0.2) is 5.78 Å². The van der Waals surface area contributed by atoms with Crippen molar-refractivity contribution in [3.63, 3.8) is 0 Å². The van der Waals surface area contributed by atoms with Gasteiger partial charge in [0.25, 0.3) is 0 Å². The van der Waals surface area contributed by atoms with Crippen molar-refractivity contribution in [2.75, 3.05) is 47.5 Å². The number of carbonyl (C=O) groups is 10. The Labute approximate surface area is 694 Å². The first-order valence-electron chi connectivity index (χ1n) is 40.5. The number of fused-ring (bicyclic) bond motifs is 1. The van der Waals surface area contributed by atoms with E-state index in [4.69, 9.17) is 18.9 Å². The second-order valence-corrected chi connectivity index (χ2v) is 35.5. The molecule has 3 fully saturated rings. The van der Waals surface area contributed by atoms with Crippen LogP contribution in [0.3, 0.4) is 0 Å². The first-order valence-corrected chi connectivity index (χ1v) is 42.0. The lowest BCUT2D eigenvalue weighted by molar-refractivity contribution is -0.147. The molecule has 0 spiro atoms. The van der Waals surface area contributed by atoms with E-state index in [9.17, 15) is 37.5 Å². The van der Waals surface area contributed by atoms with Gasteiger partial charge in [0, 0.05) is 63.5 Å². The standard InChI is InChI=1S/C89H110N12O17S/c1-53(90-9)77(102)48-71(88(3,4)5)85(109)100-51-69-47-76(100)84(108)92-72(41-56-21-28-60(29-22-56)62-19-16-20-68(44-62)115-11)78(103)45-63(81(105)97-119(113,114)70-35-36-70)39-55-24-33-67(34-25-55)118-52-64-49-101(98-96-64)65-46-75(99(50-65)86(110)79(89(6,7)8)95-80(104)54(2)91-10)83(107)93-73(43-58-23-30-59-17-12-13-18-61(59)40-58)82(106)94-74(87(111)112)42-57-26-31-66(32-27-57)116-37-14-15-38-117-69/h12-34,40,44,49,53-54,63,65,69-76,79,90-91H,35-39,41-43,45-48,50-52H2,1-11H3,(H,92,108)(H,93,107)(H,94,106)(H,95,104)(H,97,105)(H,111,112)/b15-14+/t53-,54-,63+,65-,69-,71+,72-,73-,74-,75-,76-,79+/m0/s1. The van der Waals surface area contributed by atoms with Crippen molar-refractivity contribution in [1.29, 1.82) is 0 Å². The second kappa shape index (κ2) is 39.1. The van der Waals surface area contributed by atoms with Gasteiger partial charge in [-0.2, -0.15) is 0 Å². The van der Waals surface area contributed by atoms with Crippen LogP contribution in [0.4, 0.5) is 0 Å². The molecule has 10 bridgehead atoms. The van der Waals surface area contributed by atoms with E-state index in [1.807, 2.05) is 112 Å². The Morgan fingerprint density at radius 1 is 0.639 bits per heavy atom. The number of hydrogen-bond acceptors (Lipinski definition) is 20. The number of aliphatic carboxylic acids is 1. The van der Waals surface area contributed by atoms with E-state index in [0.717, 1.165) is 21.9 Å². The van der Waals surface area contributed by atoms with Gasteiger partial charge >= 0.3 is 5.97 Å². The molecule has 2 saturated heterocycles. The molecule has 14 rings (SSSR count). The van der Waals surface area contributed by atoms with E-state index in [1.54, 1.807) is 123 Å². The molecule has 30 heteroatoms. The van der Waals surface area contributed by atoms with Crippen LogP contribution >= 0.6 is 0 Å². The number of likely N-dealkylation sites (N-methyl/N-ethyl adjacent to an activating group) is 2. The number of carboxylic acid groups (broad SMARTS) is 1. The third-order valence-corrected chi connectivity index (χ3v) is 24.5. The van der Waals surface area contributed by atoms with E-state index >= 15 is 24.0 Å². The van der Waals surface area contributed by atoms with Gasteiger partial charge in [-0.25, -0.2) is 17.9 Å². The van der Waals surface area contributed by atoms with Gasteiger partial charge < -0.3 is 65.8 Å². The molecule has 0 unspecified atom stereocenters. The normalized spacial score (nSPS) is 22.2. The summed E-state index contributed by atoms with van der Waals surface area (Å²) in [6, 6.07) is 31.3. The van der Waals surface area contributed by atoms with Crippen molar-refractivity contribution < 1.29 is 80.4 Å². The van der Waals surface area contributed by atoms with Gasteiger partial charge in [0.1, 0.15) is 72.1 Å². The van der Waals surface area contributed by atoms with Gasteiger partial charge in [-0.1, -0.05) is 156 Å². The van der Waals surface area contributed by atoms with Crippen LogP contribution in [-0.2, 0) is 95.0 Å². The molecular weight excluding hydrogens is 1540 g/mol. The fraction of sp³-hybridized carbons (Fsp3) is 0.461. The Hall–Kier alpha value is -11.2. The Morgan fingerprint density at radius 2 is 1.26 bits per heavy atom. The number of hydrogen-bond donors (Lipinski definition) is 8. The number of nitrogens with one attached hydrogen (secondary N) is 7. The quantitative estimate of drug-likeness (QED) is 0.0373. The van der Waals surface area contributed by atoms with Crippen LogP contribution in [-0.4, -0.2) is 204 Å². The molecule has 6 aromatic carbocycles. The number of Topliss-reactive ketones (excluding diaryl/α,β-unsaturated/α-hetero) is 2. The van der Waals surface area contributed by atoms with E-state index in [1.165, 1.54) is 14.5 Å². The lowest BCUT2D eigenvalue weighted by atomic mass is 9.76. The average molecular weight is 1650 g/mol. The predicted octanol–water partition coefficient (Wildman–Crippen LogP) is 7.12. The monoisotopic (exact) mass is 1650 g/mol. The number of benzene rings is 6. The number of methoxy groups -OCH3 is 1. The maximum Gasteiger partial charge on any atom is 0.326 e. The zero-order valence-corrected chi connectivity index (χ0v) is 70.1. The molecule has 7 amide bonds. The highest BCUT2D eigenvalue weighted by molar-refractivity contribution is 7.90. The number of rotatable bonds is 19. The van der Waals surface area contributed by atoms with Crippen LogP contribution in [0.2, 0.25) is 0 Å². The van der Waals surface area contributed by atoms with Crippen molar-refractivity contribution in [3.05, 3.63) is 186 Å². The summed E-state index contributed by atoms with van der Waals surface area (Å²) in [7, 11) is 0.676. The largest absolute Gasteiger partial charge is 0.497 e. The molecule has 1 aliphatic carbocycles. The van der Waals surface area contributed by atoms with Crippen molar-refractivity contribution in [1.82, 2.24) is 61.4 Å². The summed E-state index contributed by atoms with van der Waals surface area (Å²) in [6.45, 7) is 14.0. The van der Waals surface area contributed by atoms with Crippen LogP contribution in [0, 0.1) is 22.7 Å². The first kappa shape index (κ1) is 88.6. The molecule has 634 valence electrons. The van der Waals surface area contributed by atoms with Gasteiger partial charge in [0.2, 0.25) is 51.4 Å². The summed E-state index contributed by atoms with van der Waals surface area (Å²) < 4.78 is 55.2. The molecule has 7 aromatic rings. The zero-order valence-electron chi connectivity index (χ0n) is 69.2. The smallest absolute Gasteiger partial charge is 0.326 e. The number of amides is 7. The molecule has 7 heterocycles. The van der Waals surface area contributed by atoms with Crippen LogP contribution in [0.5, 0.6) is 17.2 Å².